The number of aliphatic carboxylic acids is 1. The molecule has 15 N–H and O–H groups in total. The van der Waals surface area contributed by atoms with Crippen LogP contribution in [0.3, 0.4) is 0 Å². The number of carbonyl (C=O) groups is 7. The largest absolute Gasteiger partial charge is 0.481 e. The van der Waals surface area contributed by atoms with E-state index in [2.05, 4.69) is 41.5 Å². The van der Waals surface area contributed by atoms with Crippen molar-refractivity contribution in [3.05, 3.63) is 18.2 Å². The van der Waals surface area contributed by atoms with E-state index in [9.17, 15) is 43.8 Å². The van der Waals surface area contributed by atoms with Gasteiger partial charge in [-0.05, 0) is 45.1 Å². The number of aldehydes is 1. The van der Waals surface area contributed by atoms with E-state index in [0.717, 1.165) is 6.92 Å². The predicted octanol–water partition coefficient (Wildman–Crippen LogP) is -5.05. The number of aliphatic hydroxyl groups excluding tert-OH is 2. The van der Waals surface area contributed by atoms with E-state index in [0.29, 0.717) is 17.9 Å². The van der Waals surface area contributed by atoms with Gasteiger partial charge in [-0.1, -0.05) is 0 Å². The van der Waals surface area contributed by atoms with Crippen LogP contribution in [0.4, 0.5) is 0 Å². The predicted molar refractivity (Wildman–Crippen MR) is 185 cm³/mol. The first-order chi connectivity index (χ1) is 24.0. The first-order valence-electron chi connectivity index (χ1n) is 15.8. The Labute approximate surface area is 298 Å². The number of nitrogens with one attached hydrogen (secondary N) is 6. The molecule has 0 fully saturated rings. The van der Waals surface area contributed by atoms with E-state index in [4.69, 9.17) is 22.3 Å². The van der Waals surface area contributed by atoms with E-state index >= 15 is 0 Å². The van der Waals surface area contributed by atoms with E-state index in [1.54, 1.807) is 0 Å². The normalized spacial score (nSPS) is 15.6. The number of hydrogen-bond donors (Lipinski definition) is 12. The van der Waals surface area contributed by atoms with E-state index < -0.39 is 90.4 Å². The van der Waals surface area contributed by atoms with Gasteiger partial charge in [-0.25, -0.2) is 4.98 Å². The molecule has 22 heteroatoms. The number of aliphatic imine (C=N–C) groups is 1. The molecular weight excluding hydrogens is 694 g/mol. The van der Waals surface area contributed by atoms with E-state index in [-0.39, 0.29) is 38.1 Å². The Hall–Kier alpha value is -4.80. The van der Waals surface area contributed by atoms with Gasteiger partial charge in [0.25, 0.3) is 0 Å². The minimum Gasteiger partial charge on any atom is -0.481 e. The van der Waals surface area contributed by atoms with Gasteiger partial charge in [0, 0.05) is 24.9 Å². The summed E-state index contributed by atoms with van der Waals surface area (Å²) < 4.78 is 0. The standard InChI is InChI=1S/C29H49N11O10S/c1-14(42)22(27(49)36-17(12-41)10-21(44)45)40-26(48)20(9-16-11-33-13-35-16)38-28(50)23(15(2)43)39-25(47)19(5-4-7-34-29(31)32)37-24(46)18(30)6-8-51-3/h11-15,17-20,22-23,42-43H,4-10,30H2,1-3H3,(H,33,35)(H,36,49)(H,37,46)(H,38,50)(H,39,47)(H,40,48)(H,44,45)(H4,31,32,34)/t14-,15-,17+,18+,19+,20+,22+,23+/m1/s1. The first-order valence-corrected chi connectivity index (χ1v) is 17.2. The fourth-order valence-corrected chi connectivity index (χ4v) is 4.92. The number of carboxylic acid groups (broad SMARTS) is 1. The van der Waals surface area contributed by atoms with Gasteiger partial charge in [0.15, 0.2) is 5.96 Å². The van der Waals surface area contributed by atoms with Crippen LogP contribution in [0.5, 0.6) is 0 Å². The van der Waals surface area contributed by atoms with Crippen LogP contribution >= 0.6 is 11.8 Å². The van der Waals surface area contributed by atoms with Crippen LogP contribution < -0.4 is 43.8 Å². The van der Waals surface area contributed by atoms with Crippen molar-refractivity contribution < 1.29 is 48.9 Å². The lowest BCUT2D eigenvalue weighted by molar-refractivity contribution is -0.139. The molecule has 0 aromatic carbocycles. The van der Waals surface area contributed by atoms with Crippen molar-refractivity contribution in [3.8, 4) is 0 Å². The highest BCUT2D eigenvalue weighted by Gasteiger charge is 2.35. The molecule has 51 heavy (non-hydrogen) atoms. The summed E-state index contributed by atoms with van der Waals surface area (Å²) in [5.74, 6) is -5.61. The number of rotatable bonds is 24. The molecule has 1 aromatic heterocycles. The highest BCUT2D eigenvalue weighted by molar-refractivity contribution is 7.98. The highest BCUT2D eigenvalue weighted by atomic mass is 32.2. The number of amides is 5. The first kappa shape index (κ1) is 44.2. The molecule has 5 amide bonds. The molecule has 1 rings (SSSR count). The molecule has 0 aliphatic heterocycles. The Kier molecular flexibility index (Phi) is 19.8. The number of nitrogens with zero attached hydrogens (tertiary/aromatic N) is 2. The summed E-state index contributed by atoms with van der Waals surface area (Å²) in [6.07, 6.45) is 1.15. The summed E-state index contributed by atoms with van der Waals surface area (Å²) in [5, 5.41) is 41.5. The number of aromatic amines is 1. The van der Waals surface area contributed by atoms with Gasteiger partial charge in [-0.2, -0.15) is 11.8 Å². The Morgan fingerprint density at radius 2 is 1.47 bits per heavy atom. The van der Waals surface area contributed by atoms with Gasteiger partial charge in [-0.15, -0.1) is 0 Å². The number of aliphatic hydroxyl groups is 2. The maximum absolute atomic E-state index is 13.5. The third-order valence-corrected chi connectivity index (χ3v) is 7.82. The number of carboxylic acids is 1. The lowest BCUT2D eigenvalue weighted by Crippen LogP contribution is -2.62. The molecule has 0 spiro atoms. The Balaban J connectivity index is 3.25. The Bertz CT molecular complexity index is 1340. The zero-order chi connectivity index (χ0) is 38.7. The van der Waals surface area contributed by atoms with Crippen LogP contribution in [-0.4, -0.2) is 140 Å². The van der Waals surface area contributed by atoms with Crippen molar-refractivity contribution in [2.45, 2.75) is 94.4 Å². The molecule has 0 saturated heterocycles. The molecule has 0 bridgehead atoms. The summed E-state index contributed by atoms with van der Waals surface area (Å²) in [6, 6.07) is -8.50. The Morgan fingerprint density at radius 3 is 1.96 bits per heavy atom. The quantitative estimate of drug-likeness (QED) is 0.0204. The number of thioether (sulfide) groups is 1. The van der Waals surface area contributed by atoms with E-state index in [1.165, 1.54) is 31.2 Å². The Morgan fingerprint density at radius 1 is 0.902 bits per heavy atom. The number of guanidine groups is 1. The monoisotopic (exact) mass is 743 g/mol. The topological polar surface area (TPSA) is 359 Å². The molecule has 1 heterocycles. The highest BCUT2D eigenvalue weighted by Crippen LogP contribution is 2.07. The minimum atomic E-state index is -1.70. The van der Waals surface area contributed by atoms with Crippen LogP contribution in [-0.2, 0) is 40.0 Å². The van der Waals surface area contributed by atoms with Crippen molar-refractivity contribution in [1.82, 2.24) is 36.6 Å². The van der Waals surface area contributed by atoms with Crippen molar-refractivity contribution in [3.63, 3.8) is 0 Å². The second-order valence-electron chi connectivity index (χ2n) is 11.5. The summed E-state index contributed by atoms with van der Waals surface area (Å²) in [7, 11) is 0. The van der Waals surface area contributed by atoms with Crippen LogP contribution in [0.15, 0.2) is 17.5 Å². The number of H-pyrrole nitrogens is 1. The van der Waals surface area contributed by atoms with Crippen LogP contribution in [0.2, 0.25) is 0 Å². The molecular formula is C29H49N11O10S. The lowest BCUT2D eigenvalue weighted by Gasteiger charge is -2.28. The summed E-state index contributed by atoms with van der Waals surface area (Å²) in [4.78, 5) is 98.8. The number of aromatic nitrogens is 2. The van der Waals surface area contributed by atoms with Gasteiger partial charge in [0.2, 0.25) is 29.5 Å². The van der Waals surface area contributed by atoms with Gasteiger partial charge in [0.1, 0.15) is 30.5 Å². The number of imidazole rings is 1. The third-order valence-electron chi connectivity index (χ3n) is 7.17. The van der Waals surface area contributed by atoms with Crippen molar-refractivity contribution >= 4 is 59.5 Å². The zero-order valence-electron chi connectivity index (χ0n) is 28.5. The van der Waals surface area contributed by atoms with Crippen molar-refractivity contribution in [2.24, 2.45) is 22.2 Å². The SMILES string of the molecule is CSCC[C@H](N)C(=O)N[C@@H](CCCN=C(N)N)C(=O)N[C@H](C(=O)N[C@@H](Cc1cnc[nH]1)C(=O)N[C@H](C(=O)N[C@H](C=O)CC(=O)O)[C@@H](C)O)[C@@H](C)O. The molecule has 0 aliphatic rings. The number of carbonyl (C=O) groups excluding carboxylic acids is 6. The molecule has 1 aromatic rings. The summed E-state index contributed by atoms with van der Waals surface area (Å²) in [5.41, 5.74) is 17.0. The molecule has 0 saturated carbocycles. The summed E-state index contributed by atoms with van der Waals surface area (Å²) in [6.45, 7) is 2.47. The maximum Gasteiger partial charge on any atom is 0.305 e. The lowest BCUT2D eigenvalue weighted by atomic mass is 10.0. The fraction of sp³-hybridized carbons (Fsp3) is 0.621. The van der Waals surface area contributed by atoms with Crippen molar-refractivity contribution in [2.75, 3.05) is 18.6 Å². The average Bonchev–Trinajstić information content (AvgIpc) is 3.57. The maximum atomic E-state index is 13.5. The van der Waals surface area contributed by atoms with Crippen LogP contribution in [0.25, 0.3) is 0 Å². The van der Waals surface area contributed by atoms with Gasteiger partial charge in [-0.3, -0.25) is 33.8 Å². The third kappa shape index (κ3) is 16.6. The molecule has 286 valence electrons. The average molecular weight is 744 g/mol. The van der Waals surface area contributed by atoms with Crippen LogP contribution in [0, 0.1) is 0 Å². The molecule has 8 atom stereocenters. The number of hydrogen-bond acceptors (Lipinski definition) is 13. The second kappa shape index (κ2) is 22.8. The molecule has 0 radical (unpaired) electrons. The smallest absolute Gasteiger partial charge is 0.305 e. The second-order valence-corrected chi connectivity index (χ2v) is 12.5. The molecule has 0 unspecified atom stereocenters. The molecule has 21 nitrogen and oxygen atoms in total. The van der Waals surface area contributed by atoms with E-state index in [1.807, 2.05) is 6.26 Å². The number of nitrogens with two attached hydrogens (primary N) is 3. The van der Waals surface area contributed by atoms with Crippen molar-refractivity contribution in [1.29, 1.82) is 0 Å². The van der Waals surface area contributed by atoms with Gasteiger partial charge in [0.05, 0.1) is 37.0 Å². The van der Waals surface area contributed by atoms with Gasteiger partial charge >= 0.3 is 5.97 Å². The minimum absolute atomic E-state index is 0.0167. The molecule has 0 aliphatic carbocycles. The zero-order valence-corrected chi connectivity index (χ0v) is 29.4. The van der Waals surface area contributed by atoms with Gasteiger partial charge < -0.3 is 68.9 Å². The fourth-order valence-electron chi connectivity index (χ4n) is 4.43. The van der Waals surface area contributed by atoms with Crippen LogP contribution in [0.1, 0.15) is 45.2 Å². The summed E-state index contributed by atoms with van der Waals surface area (Å²) >= 11 is 1.48.